The highest BCUT2D eigenvalue weighted by atomic mass is 32.2. The molecule has 1 amide bonds. The molecule has 4 N–H and O–H groups in total. The summed E-state index contributed by atoms with van der Waals surface area (Å²) in [6, 6.07) is 5.02. The highest BCUT2D eigenvalue weighted by Crippen LogP contribution is 2.21. The summed E-state index contributed by atoms with van der Waals surface area (Å²) in [6.45, 7) is 4.09. The Labute approximate surface area is 126 Å². The summed E-state index contributed by atoms with van der Waals surface area (Å²) >= 11 is 0. The molecule has 7 heteroatoms. The Bertz CT molecular complexity index is 599. The van der Waals surface area contributed by atoms with E-state index in [9.17, 15) is 13.2 Å². The number of amides is 1. The zero-order valence-corrected chi connectivity index (χ0v) is 13.5. The fraction of sp³-hybridized carbons (Fsp3) is 0.500. The molecule has 118 valence electrons. The van der Waals surface area contributed by atoms with Crippen LogP contribution in [-0.4, -0.2) is 27.1 Å². The number of nitrogens with two attached hydrogens (primary N) is 1. The second-order valence-electron chi connectivity index (χ2n) is 5.11. The molecule has 1 rings (SSSR count). The fourth-order valence-electron chi connectivity index (χ4n) is 2.00. The van der Waals surface area contributed by atoms with Crippen LogP contribution in [0.15, 0.2) is 18.2 Å². The molecule has 0 bridgehead atoms. The molecular weight excluding hydrogens is 290 g/mol. The Morgan fingerprint density at radius 3 is 2.52 bits per heavy atom. The van der Waals surface area contributed by atoms with Crippen molar-refractivity contribution in [2.24, 2.45) is 11.7 Å². The van der Waals surface area contributed by atoms with Gasteiger partial charge >= 0.3 is 0 Å². The van der Waals surface area contributed by atoms with Gasteiger partial charge in [-0.05, 0) is 37.1 Å². The first-order chi connectivity index (χ1) is 9.76. The third-order valence-corrected chi connectivity index (χ3v) is 3.67. The van der Waals surface area contributed by atoms with E-state index in [1.165, 1.54) is 0 Å². The van der Waals surface area contributed by atoms with Crippen molar-refractivity contribution in [2.75, 3.05) is 22.8 Å². The average molecular weight is 313 g/mol. The molecule has 0 aliphatic carbocycles. The number of hydrogen-bond donors (Lipinski definition) is 3. The molecule has 0 aliphatic heterocycles. The van der Waals surface area contributed by atoms with Gasteiger partial charge in [-0.15, -0.1) is 0 Å². The van der Waals surface area contributed by atoms with Crippen molar-refractivity contribution in [3.05, 3.63) is 23.8 Å². The summed E-state index contributed by atoms with van der Waals surface area (Å²) in [6.07, 6.45) is 2.74. The zero-order chi connectivity index (χ0) is 16.0. The molecule has 21 heavy (non-hydrogen) atoms. The predicted molar refractivity (Wildman–Crippen MR) is 85.7 cm³/mol. The monoisotopic (exact) mass is 313 g/mol. The number of carbonyl (C=O) groups is 1. The molecule has 0 radical (unpaired) electrons. The highest BCUT2D eigenvalue weighted by Gasteiger charge is 2.16. The third kappa shape index (κ3) is 5.73. The van der Waals surface area contributed by atoms with Crippen LogP contribution >= 0.6 is 0 Å². The summed E-state index contributed by atoms with van der Waals surface area (Å²) in [5.74, 6) is -0.313. The van der Waals surface area contributed by atoms with Gasteiger partial charge in [-0.25, -0.2) is 8.42 Å². The molecule has 0 aromatic heterocycles. The molecular formula is C14H23N3O3S. The van der Waals surface area contributed by atoms with Crippen molar-refractivity contribution in [1.82, 2.24) is 0 Å². The Balaban J connectivity index is 2.82. The van der Waals surface area contributed by atoms with Gasteiger partial charge in [0.15, 0.2) is 0 Å². The van der Waals surface area contributed by atoms with E-state index in [0.717, 1.165) is 24.7 Å². The summed E-state index contributed by atoms with van der Waals surface area (Å²) in [5, 5.41) is 2.81. The van der Waals surface area contributed by atoms with E-state index in [1.54, 1.807) is 25.1 Å². The number of nitrogens with one attached hydrogen (secondary N) is 2. The molecule has 0 spiro atoms. The molecule has 0 saturated carbocycles. The summed E-state index contributed by atoms with van der Waals surface area (Å²) in [7, 11) is -3.31. The van der Waals surface area contributed by atoms with Crippen LogP contribution < -0.4 is 15.8 Å². The third-order valence-electron chi connectivity index (χ3n) is 3.08. The zero-order valence-electron chi connectivity index (χ0n) is 12.6. The maximum absolute atomic E-state index is 12.1. The Kier molecular flexibility index (Phi) is 6.17. The van der Waals surface area contributed by atoms with E-state index in [2.05, 4.69) is 10.0 Å². The molecule has 6 nitrogen and oxygen atoms in total. The lowest BCUT2D eigenvalue weighted by Gasteiger charge is -2.15. The van der Waals surface area contributed by atoms with Crippen LogP contribution in [0, 0.1) is 12.8 Å². The van der Waals surface area contributed by atoms with Crippen LogP contribution in [0.25, 0.3) is 0 Å². The van der Waals surface area contributed by atoms with Gasteiger partial charge in [-0.3, -0.25) is 9.52 Å². The first-order valence-corrected chi connectivity index (χ1v) is 8.75. The van der Waals surface area contributed by atoms with Crippen LogP contribution in [0.4, 0.5) is 11.4 Å². The van der Waals surface area contributed by atoms with Gasteiger partial charge in [-0.1, -0.05) is 13.3 Å². The minimum absolute atomic E-state index is 0.109. The molecule has 1 aromatic rings. The van der Waals surface area contributed by atoms with Gasteiger partial charge in [0.2, 0.25) is 15.9 Å². The number of aryl methyl sites for hydroxylation is 1. The number of hydrogen-bond acceptors (Lipinski definition) is 4. The van der Waals surface area contributed by atoms with Crippen LogP contribution in [-0.2, 0) is 14.8 Å². The standard InChI is InChI=1S/C14H23N3O3S/c1-4-5-11(9-15)14(18)16-12-6-7-13(10(2)8-12)17-21(3,19)20/h6-8,11,17H,4-5,9,15H2,1-3H3,(H,16,18). The fourth-order valence-corrected chi connectivity index (χ4v) is 2.63. The molecule has 1 unspecified atom stereocenters. The molecule has 0 saturated heterocycles. The van der Waals surface area contributed by atoms with Crippen LogP contribution in [0.2, 0.25) is 0 Å². The topological polar surface area (TPSA) is 101 Å². The van der Waals surface area contributed by atoms with Crippen LogP contribution in [0.5, 0.6) is 0 Å². The average Bonchev–Trinajstić information content (AvgIpc) is 2.37. The van der Waals surface area contributed by atoms with Crippen molar-refractivity contribution < 1.29 is 13.2 Å². The largest absolute Gasteiger partial charge is 0.330 e. The van der Waals surface area contributed by atoms with Crippen molar-refractivity contribution in [1.29, 1.82) is 0 Å². The summed E-state index contributed by atoms with van der Waals surface area (Å²) in [4.78, 5) is 12.1. The number of anilines is 2. The highest BCUT2D eigenvalue weighted by molar-refractivity contribution is 7.92. The van der Waals surface area contributed by atoms with E-state index < -0.39 is 10.0 Å². The second kappa shape index (κ2) is 7.42. The van der Waals surface area contributed by atoms with Gasteiger partial charge in [0.05, 0.1) is 17.9 Å². The van der Waals surface area contributed by atoms with Crippen molar-refractivity contribution in [3.63, 3.8) is 0 Å². The second-order valence-corrected chi connectivity index (χ2v) is 6.86. The lowest BCUT2D eigenvalue weighted by molar-refractivity contribution is -0.119. The summed E-state index contributed by atoms with van der Waals surface area (Å²) < 4.78 is 24.9. The van der Waals surface area contributed by atoms with Crippen LogP contribution in [0.3, 0.4) is 0 Å². The number of sulfonamides is 1. The van der Waals surface area contributed by atoms with E-state index >= 15 is 0 Å². The Hall–Kier alpha value is -1.60. The number of carbonyl (C=O) groups excluding carboxylic acids is 1. The van der Waals surface area contributed by atoms with E-state index in [-0.39, 0.29) is 11.8 Å². The quantitative estimate of drug-likeness (QED) is 0.713. The maximum atomic E-state index is 12.1. The molecule has 1 aromatic carbocycles. The minimum atomic E-state index is -3.31. The summed E-state index contributed by atoms with van der Waals surface area (Å²) in [5.41, 5.74) is 7.46. The van der Waals surface area contributed by atoms with E-state index in [4.69, 9.17) is 5.73 Å². The first kappa shape index (κ1) is 17.5. The normalized spacial score (nSPS) is 12.8. The molecule has 0 heterocycles. The van der Waals surface area contributed by atoms with Gasteiger partial charge in [-0.2, -0.15) is 0 Å². The SMILES string of the molecule is CCCC(CN)C(=O)Nc1ccc(NS(C)(=O)=O)c(C)c1. The first-order valence-electron chi connectivity index (χ1n) is 6.86. The minimum Gasteiger partial charge on any atom is -0.330 e. The lowest BCUT2D eigenvalue weighted by Crippen LogP contribution is -2.29. The van der Waals surface area contributed by atoms with Crippen molar-refractivity contribution in [2.45, 2.75) is 26.7 Å². The van der Waals surface area contributed by atoms with Gasteiger partial charge < -0.3 is 11.1 Å². The number of rotatable bonds is 7. The number of benzene rings is 1. The van der Waals surface area contributed by atoms with E-state index in [1.807, 2.05) is 6.92 Å². The molecule has 1 atom stereocenters. The van der Waals surface area contributed by atoms with Gasteiger partial charge in [0.1, 0.15) is 0 Å². The van der Waals surface area contributed by atoms with Crippen LogP contribution in [0.1, 0.15) is 25.3 Å². The molecule has 0 aliphatic rings. The maximum Gasteiger partial charge on any atom is 0.229 e. The van der Waals surface area contributed by atoms with Crippen molar-refractivity contribution >= 4 is 27.3 Å². The predicted octanol–water partition coefficient (Wildman–Crippen LogP) is 1.68. The Morgan fingerprint density at radius 2 is 2.05 bits per heavy atom. The van der Waals surface area contributed by atoms with Gasteiger partial charge in [0, 0.05) is 12.2 Å². The Morgan fingerprint density at radius 1 is 1.38 bits per heavy atom. The smallest absolute Gasteiger partial charge is 0.229 e. The van der Waals surface area contributed by atoms with Crippen molar-refractivity contribution in [3.8, 4) is 0 Å². The lowest BCUT2D eigenvalue weighted by atomic mass is 10.0. The molecule has 0 fully saturated rings. The van der Waals surface area contributed by atoms with E-state index in [0.29, 0.717) is 17.9 Å². The van der Waals surface area contributed by atoms with Gasteiger partial charge in [0.25, 0.3) is 0 Å².